The topological polar surface area (TPSA) is 38.9 Å². The summed E-state index contributed by atoms with van der Waals surface area (Å²) in [5.41, 5.74) is 11.2. The second-order valence-corrected chi connectivity index (χ2v) is 13.6. The first-order chi connectivity index (χ1) is 24.8. The van der Waals surface area contributed by atoms with Crippen LogP contribution in [-0.2, 0) is 0 Å². The third kappa shape index (κ3) is 4.73. The molecule has 0 radical (unpaired) electrons. The first-order valence-corrected chi connectivity index (χ1v) is 17.6. The first kappa shape index (κ1) is 28.6. The molecule has 10 rings (SSSR count). The largest absolute Gasteiger partial charge is 0.456 e. The van der Waals surface area contributed by atoms with E-state index in [1.807, 2.05) is 35.6 Å². The lowest BCUT2D eigenvalue weighted by atomic mass is 9.94. The van der Waals surface area contributed by atoms with Crippen LogP contribution in [0.3, 0.4) is 0 Å². The maximum atomic E-state index is 6.30. The lowest BCUT2D eigenvalue weighted by Gasteiger charge is -2.14. The highest BCUT2D eigenvalue weighted by Gasteiger charge is 2.20. The Balaban J connectivity index is 1.21. The summed E-state index contributed by atoms with van der Waals surface area (Å²) in [6.45, 7) is 0. The van der Waals surface area contributed by atoms with Gasteiger partial charge in [0.15, 0.2) is 5.82 Å². The van der Waals surface area contributed by atoms with Crippen LogP contribution in [0.1, 0.15) is 0 Å². The van der Waals surface area contributed by atoms with Crippen molar-refractivity contribution in [1.82, 2.24) is 9.97 Å². The van der Waals surface area contributed by atoms with Gasteiger partial charge in [-0.15, -0.1) is 11.3 Å². The average molecular weight is 657 g/mol. The van der Waals surface area contributed by atoms with Gasteiger partial charge in [-0.3, -0.25) is 0 Å². The summed E-state index contributed by atoms with van der Waals surface area (Å²) in [5, 5.41) is 4.59. The van der Waals surface area contributed by atoms with E-state index < -0.39 is 0 Å². The second kappa shape index (κ2) is 11.7. The Hall–Kier alpha value is -6.36. The van der Waals surface area contributed by atoms with Crippen molar-refractivity contribution in [2.24, 2.45) is 0 Å². The lowest BCUT2D eigenvalue weighted by Crippen LogP contribution is -1.97. The van der Waals surface area contributed by atoms with Gasteiger partial charge in [-0.05, 0) is 46.5 Å². The van der Waals surface area contributed by atoms with E-state index in [2.05, 4.69) is 146 Å². The van der Waals surface area contributed by atoms with Crippen LogP contribution in [0.25, 0.3) is 98.3 Å². The van der Waals surface area contributed by atoms with Crippen molar-refractivity contribution in [3.05, 3.63) is 170 Å². The van der Waals surface area contributed by atoms with Gasteiger partial charge >= 0.3 is 0 Å². The molecule has 7 aromatic carbocycles. The number of rotatable bonds is 5. The first-order valence-electron chi connectivity index (χ1n) is 16.7. The minimum atomic E-state index is 0.669. The molecular formula is C46H28N2OS. The van der Waals surface area contributed by atoms with Gasteiger partial charge in [-0.1, -0.05) is 146 Å². The monoisotopic (exact) mass is 656 g/mol. The summed E-state index contributed by atoms with van der Waals surface area (Å²) in [7, 11) is 0. The fraction of sp³-hybridized carbons (Fsp3) is 0. The summed E-state index contributed by atoms with van der Waals surface area (Å²) in [5.74, 6) is 0.669. The molecule has 0 aliphatic carbocycles. The van der Waals surface area contributed by atoms with Crippen molar-refractivity contribution in [3.8, 4) is 56.2 Å². The molecule has 10 aromatic rings. The van der Waals surface area contributed by atoms with Crippen molar-refractivity contribution in [1.29, 1.82) is 0 Å². The van der Waals surface area contributed by atoms with Gasteiger partial charge in [0, 0.05) is 47.6 Å². The molecule has 0 aliphatic rings. The molecule has 0 saturated carbocycles. The van der Waals surface area contributed by atoms with Crippen LogP contribution in [0.5, 0.6) is 0 Å². The molecule has 0 N–H and O–H groups in total. The number of hydrogen-bond donors (Lipinski definition) is 0. The van der Waals surface area contributed by atoms with E-state index in [4.69, 9.17) is 14.4 Å². The Morgan fingerprint density at radius 2 is 0.980 bits per heavy atom. The predicted molar refractivity (Wildman–Crippen MR) is 209 cm³/mol. The van der Waals surface area contributed by atoms with Gasteiger partial charge in [0.05, 0.1) is 11.4 Å². The number of fused-ring (bicyclic) bond motifs is 6. The minimum absolute atomic E-state index is 0.669. The van der Waals surface area contributed by atoms with Crippen molar-refractivity contribution >= 4 is 53.4 Å². The molecule has 0 atom stereocenters. The Labute approximate surface area is 292 Å². The highest BCUT2D eigenvalue weighted by Crippen LogP contribution is 2.42. The van der Waals surface area contributed by atoms with Gasteiger partial charge < -0.3 is 4.42 Å². The average Bonchev–Trinajstić information content (AvgIpc) is 3.77. The number of hydrogen-bond acceptors (Lipinski definition) is 4. The molecule has 0 unspecified atom stereocenters. The van der Waals surface area contributed by atoms with Gasteiger partial charge in [-0.2, -0.15) is 0 Å². The van der Waals surface area contributed by atoms with Crippen molar-refractivity contribution in [2.75, 3.05) is 0 Å². The molecule has 0 fully saturated rings. The highest BCUT2D eigenvalue weighted by molar-refractivity contribution is 7.26. The summed E-state index contributed by atoms with van der Waals surface area (Å²) in [4.78, 5) is 10.7. The summed E-state index contributed by atoms with van der Waals surface area (Å²) in [6, 6.07) is 59.6. The number of aromatic nitrogens is 2. The van der Waals surface area contributed by atoms with E-state index >= 15 is 0 Å². The van der Waals surface area contributed by atoms with E-state index in [9.17, 15) is 0 Å². The van der Waals surface area contributed by atoms with Crippen LogP contribution in [-0.4, -0.2) is 9.97 Å². The highest BCUT2D eigenvalue weighted by atomic mass is 32.1. The van der Waals surface area contributed by atoms with Crippen molar-refractivity contribution < 1.29 is 4.42 Å². The molecule has 3 nitrogen and oxygen atoms in total. The Morgan fingerprint density at radius 3 is 1.84 bits per heavy atom. The van der Waals surface area contributed by atoms with Crippen molar-refractivity contribution in [3.63, 3.8) is 0 Å². The molecular weight excluding hydrogens is 629 g/mol. The number of benzene rings is 7. The van der Waals surface area contributed by atoms with Crippen LogP contribution < -0.4 is 0 Å². The molecule has 0 bridgehead atoms. The Bertz CT molecular complexity index is 2870. The van der Waals surface area contributed by atoms with Gasteiger partial charge in [0.1, 0.15) is 11.2 Å². The lowest BCUT2D eigenvalue weighted by molar-refractivity contribution is 0.669. The smallest absolute Gasteiger partial charge is 0.161 e. The fourth-order valence-electron chi connectivity index (χ4n) is 7.18. The number of nitrogens with zero attached hydrogens (tertiary/aromatic N) is 2. The van der Waals surface area contributed by atoms with E-state index in [-0.39, 0.29) is 0 Å². The van der Waals surface area contributed by atoms with Crippen molar-refractivity contribution in [2.45, 2.75) is 0 Å². The predicted octanol–water partition coefficient (Wildman–Crippen LogP) is 13.1. The molecule has 4 heteroatoms. The Morgan fingerprint density at radius 1 is 0.400 bits per heavy atom. The minimum Gasteiger partial charge on any atom is -0.456 e. The normalized spacial score (nSPS) is 11.6. The standard InChI is InChI=1S/C46H28N2OS/c1-2-12-29(13-3-1)30-24-26-31(27-25-30)32-14-4-5-15-33(32)39-28-40(36-19-10-18-35-34-16-7-9-23-43(34)50-45(35)36)48-46(47-39)38-20-11-22-42-44(38)37-17-6-8-21-41(37)49-42/h1-28H. The maximum Gasteiger partial charge on any atom is 0.161 e. The second-order valence-electron chi connectivity index (χ2n) is 12.5. The van der Waals surface area contributed by atoms with E-state index in [1.54, 1.807) is 0 Å². The van der Waals surface area contributed by atoms with Gasteiger partial charge in [-0.25, -0.2) is 9.97 Å². The number of para-hydroxylation sites is 1. The zero-order chi connectivity index (χ0) is 33.0. The van der Waals surface area contributed by atoms with Gasteiger partial charge in [0.25, 0.3) is 0 Å². The summed E-state index contributed by atoms with van der Waals surface area (Å²) < 4.78 is 8.79. The summed E-state index contributed by atoms with van der Waals surface area (Å²) in [6.07, 6.45) is 0. The van der Waals surface area contributed by atoms with Crippen LogP contribution in [0, 0.1) is 0 Å². The third-order valence-electron chi connectivity index (χ3n) is 9.56. The molecule has 3 aromatic heterocycles. The third-order valence-corrected chi connectivity index (χ3v) is 10.8. The number of thiophene rings is 1. The molecule has 3 heterocycles. The summed E-state index contributed by atoms with van der Waals surface area (Å²) >= 11 is 1.82. The molecule has 0 amide bonds. The molecule has 234 valence electrons. The number of furan rings is 1. The zero-order valence-corrected chi connectivity index (χ0v) is 27.7. The fourth-order valence-corrected chi connectivity index (χ4v) is 8.41. The molecule has 50 heavy (non-hydrogen) atoms. The van der Waals surface area contributed by atoms with E-state index in [1.165, 1.54) is 31.3 Å². The molecule has 0 aliphatic heterocycles. The van der Waals surface area contributed by atoms with E-state index in [0.29, 0.717) is 5.82 Å². The SMILES string of the molecule is c1ccc(-c2ccc(-c3ccccc3-c3cc(-c4cccc5c4sc4ccccc45)nc(-c4cccc5oc6ccccc6c45)n3)cc2)cc1. The quantitative estimate of drug-likeness (QED) is 0.185. The van der Waals surface area contributed by atoms with Crippen LogP contribution in [0.2, 0.25) is 0 Å². The van der Waals surface area contributed by atoms with Crippen LogP contribution in [0.4, 0.5) is 0 Å². The van der Waals surface area contributed by atoms with E-state index in [0.717, 1.165) is 61.1 Å². The zero-order valence-electron chi connectivity index (χ0n) is 26.9. The van der Waals surface area contributed by atoms with Gasteiger partial charge in [0.2, 0.25) is 0 Å². The molecule has 0 saturated heterocycles. The molecule has 0 spiro atoms. The maximum absolute atomic E-state index is 6.30. The Kier molecular flexibility index (Phi) is 6.68. The van der Waals surface area contributed by atoms with Crippen LogP contribution >= 0.6 is 11.3 Å². The van der Waals surface area contributed by atoms with Crippen LogP contribution in [0.15, 0.2) is 174 Å².